The number of esters is 1. The molecule has 0 aliphatic carbocycles. The van der Waals surface area contributed by atoms with Crippen LogP contribution in [0.3, 0.4) is 0 Å². The van der Waals surface area contributed by atoms with Crippen LogP contribution in [0.15, 0.2) is 30.3 Å². The molecule has 1 aliphatic heterocycles. The number of nitrogens with zero attached hydrogens (tertiary/aromatic N) is 2. The summed E-state index contributed by atoms with van der Waals surface area (Å²) in [5.41, 5.74) is 2.31. The monoisotopic (exact) mass is 504 g/mol. The van der Waals surface area contributed by atoms with Crippen molar-refractivity contribution in [3.05, 3.63) is 66.3 Å². The van der Waals surface area contributed by atoms with Crippen molar-refractivity contribution >= 4 is 57.7 Å². The maximum atomic E-state index is 12.9. The van der Waals surface area contributed by atoms with Crippen LogP contribution in [-0.4, -0.2) is 48.4 Å². The molecule has 2 aromatic heterocycles. The highest BCUT2D eigenvalue weighted by Gasteiger charge is 2.22. The number of aromatic nitrogens is 1. The van der Waals surface area contributed by atoms with E-state index in [-0.39, 0.29) is 18.4 Å². The number of halogens is 1. The highest BCUT2D eigenvalue weighted by Crippen LogP contribution is 2.26. The Morgan fingerprint density at radius 2 is 2.00 bits per heavy atom. The van der Waals surface area contributed by atoms with Crippen LogP contribution in [0, 0.1) is 0 Å². The number of thiazole rings is 1. The topological polar surface area (TPSA) is 101 Å². The number of hydrogen-bond acceptors (Lipinski definition) is 8. The fourth-order valence-corrected chi connectivity index (χ4v) is 5.44. The summed E-state index contributed by atoms with van der Waals surface area (Å²) in [6.45, 7) is 1.78. The Hall–Kier alpha value is -2.79. The lowest BCUT2D eigenvalue weighted by molar-refractivity contribution is 0.0600. The molecule has 2 N–H and O–H groups in total. The fraction of sp³-hybridized carbons (Fsp3) is 0.273. The van der Waals surface area contributed by atoms with Crippen LogP contribution in [0.2, 0.25) is 4.34 Å². The molecule has 0 saturated carbocycles. The van der Waals surface area contributed by atoms with Gasteiger partial charge in [-0.05, 0) is 42.9 Å². The van der Waals surface area contributed by atoms with E-state index in [1.54, 1.807) is 30.3 Å². The van der Waals surface area contributed by atoms with Crippen LogP contribution in [0.1, 0.15) is 46.0 Å². The Morgan fingerprint density at radius 1 is 1.18 bits per heavy atom. The summed E-state index contributed by atoms with van der Waals surface area (Å²) in [6.07, 6.45) is 0.813. The Morgan fingerprint density at radius 3 is 2.73 bits per heavy atom. The van der Waals surface area contributed by atoms with Gasteiger partial charge in [0.1, 0.15) is 0 Å². The van der Waals surface area contributed by atoms with Crippen LogP contribution >= 0.6 is 34.3 Å². The van der Waals surface area contributed by atoms with Gasteiger partial charge in [-0.15, -0.1) is 22.7 Å². The van der Waals surface area contributed by atoms with Crippen molar-refractivity contribution in [1.29, 1.82) is 0 Å². The van der Waals surface area contributed by atoms with Crippen LogP contribution in [-0.2, 0) is 24.2 Å². The number of hydrogen-bond donors (Lipinski definition) is 2. The Bertz CT molecular complexity index is 1220. The van der Waals surface area contributed by atoms with Gasteiger partial charge in [-0.1, -0.05) is 11.6 Å². The van der Waals surface area contributed by atoms with Crippen LogP contribution in [0.4, 0.5) is 5.69 Å². The first-order valence-electron chi connectivity index (χ1n) is 10.1. The first-order valence-corrected chi connectivity index (χ1v) is 12.1. The van der Waals surface area contributed by atoms with E-state index >= 15 is 0 Å². The number of fused-ring (bicyclic) bond motifs is 1. The average molecular weight is 505 g/mol. The number of amides is 2. The normalized spacial score (nSPS) is 13.3. The van der Waals surface area contributed by atoms with Gasteiger partial charge in [0, 0.05) is 36.6 Å². The van der Waals surface area contributed by atoms with Crippen molar-refractivity contribution in [3.8, 4) is 0 Å². The van der Waals surface area contributed by atoms with Crippen LogP contribution in [0.5, 0.6) is 0 Å². The van der Waals surface area contributed by atoms with Gasteiger partial charge in [0.15, 0.2) is 5.01 Å². The molecule has 0 unspecified atom stereocenters. The zero-order chi connectivity index (χ0) is 23.5. The molecular weight excluding hydrogens is 484 g/mol. The van der Waals surface area contributed by atoms with E-state index in [2.05, 4.69) is 20.5 Å². The molecule has 1 aromatic carbocycles. The fourth-order valence-electron chi connectivity index (χ4n) is 3.40. The van der Waals surface area contributed by atoms with E-state index in [4.69, 9.17) is 16.3 Å². The lowest BCUT2D eigenvalue weighted by atomic mass is 10.1. The summed E-state index contributed by atoms with van der Waals surface area (Å²) in [5.74, 6) is -1.15. The van der Waals surface area contributed by atoms with Crippen molar-refractivity contribution in [2.45, 2.75) is 19.5 Å². The van der Waals surface area contributed by atoms with Gasteiger partial charge in [0.05, 0.1) is 27.6 Å². The first-order chi connectivity index (χ1) is 15.8. The molecule has 11 heteroatoms. The zero-order valence-corrected chi connectivity index (χ0v) is 20.3. The van der Waals surface area contributed by atoms with E-state index < -0.39 is 5.97 Å². The van der Waals surface area contributed by atoms with Gasteiger partial charge >= 0.3 is 5.97 Å². The summed E-state index contributed by atoms with van der Waals surface area (Å²) in [6, 6.07) is 8.06. The minimum Gasteiger partial charge on any atom is -0.465 e. The van der Waals surface area contributed by atoms with Gasteiger partial charge in [0.2, 0.25) is 0 Å². The Kier molecular flexibility index (Phi) is 7.08. The number of carbonyl (C=O) groups is 3. The third-order valence-corrected chi connectivity index (χ3v) is 7.44. The molecule has 33 heavy (non-hydrogen) atoms. The standard InChI is InChI=1S/C22H21ClN4O4S2/c1-27-8-7-15-17(11-27)33-21(26-15)20(29)25-14-4-3-12(22(30)31-2)9-13(14)10-24-19(28)16-5-6-18(23)32-16/h3-6,9H,7-8,10-11H2,1-2H3,(H,24,28)(H,25,29). The lowest BCUT2D eigenvalue weighted by Crippen LogP contribution is -2.25. The minimum absolute atomic E-state index is 0.0912. The van der Waals surface area contributed by atoms with Gasteiger partial charge in [-0.3, -0.25) is 9.59 Å². The summed E-state index contributed by atoms with van der Waals surface area (Å²) >= 11 is 8.46. The van der Waals surface area contributed by atoms with E-state index in [0.717, 1.165) is 30.1 Å². The molecule has 0 fully saturated rings. The molecular formula is C22H21ClN4O4S2. The van der Waals surface area contributed by atoms with E-state index in [1.165, 1.54) is 29.8 Å². The zero-order valence-electron chi connectivity index (χ0n) is 17.9. The minimum atomic E-state index is -0.512. The summed E-state index contributed by atoms with van der Waals surface area (Å²) in [4.78, 5) is 45.6. The maximum absolute atomic E-state index is 12.9. The number of carbonyl (C=O) groups excluding carboxylic acids is 3. The SMILES string of the molecule is COC(=O)c1ccc(NC(=O)c2nc3c(s2)CN(C)CC3)c(CNC(=O)c2ccc(Cl)s2)c1. The van der Waals surface area contributed by atoms with Crippen molar-refractivity contribution < 1.29 is 19.1 Å². The number of anilines is 1. The van der Waals surface area contributed by atoms with Gasteiger partial charge in [-0.2, -0.15) is 0 Å². The van der Waals surface area contributed by atoms with Gasteiger partial charge in [-0.25, -0.2) is 9.78 Å². The largest absolute Gasteiger partial charge is 0.465 e. The van der Waals surface area contributed by atoms with Crippen molar-refractivity contribution in [3.63, 3.8) is 0 Å². The lowest BCUT2D eigenvalue weighted by Gasteiger charge is -2.20. The molecule has 3 heterocycles. The highest BCUT2D eigenvalue weighted by molar-refractivity contribution is 7.18. The third kappa shape index (κ3) is 5.41. The van der Waals surface area contributed by atoms with Crippen LogP contribution in [0.25, 0.3) is 0 Å². The number of likely N-dealkylation sites (N-methyl/N-ethyl adjacent to an activating group) is 1. The molecule has 8 nitrogen and oxygen atoms in total. The molecule has 0 atom stereocenters. The van der Waals surface area contributed by atoms with Crippen LogP contribution < -0.4 is 10.6 Å². The molecule has 0 bridgehead atoms. The number of benzene rings is 1. The quantitative estimate of drug-likeness (QED) is 0.495. The second-order valence-electron chi connectivity index (χ2n) is 7.48. The predicted octanol–water partition coefficient (Wildman–Crippen LogP) is 3.81. The Balaban J connectivity index is 1.54. The second kappa shape index (κ2) is 10.0. The molecule has 0 saturated heterocycles. The highest BCUT2D eigenvalue weighted by atomic mass is 35.5. The van der Waals surface area contributed by atoms with E-state index in [0.29, 0.717) is 31.0 Å². The van der Waals surface area contributed by atoms with Crippen molar-refractivity contribution in [1.82, 2.24) is 15.2 Å². The maximum Gasteiger partial charge on any atom is 0.337 e. The number of thiophene rings is 1. The molecule has 0 radical (unpaired) electrons. The molecule has 1 aliphatic rings. The molecule has 172 valence electrons. The van der Waals surface area contributed by atoms with Gasteiger partial charge in [0.25, 0.3) is 11.8 Å². The Labute approximate surface area is 203 Å². The van der Waals surface area contributed by atoms with Gasteiger partial charge < -0.3 is 20.3 Å². The predicted molar refractivity (Wildman–Crippen MR) is 128 cm³/mol. The second-order valence-corrected chi connectivity index (χ2v) is 10.3. The number of rotatable bonds is 6. The summed E-state index contributed by atoms with van der Waals surface area (Å²) < 4.78 is 5.31. The summed E-state index contributed by atoms with van der Waals surface area (Å²) in [5, 5.41) is 6.06. The molecule has 3 aromatic rings. The average Bonchev–Trinajstić information content (AvgIpc) is 3.43. The van der Waals surface area contributed by atoms with E-state index in [9.17, 15) is 14.4 Å². The molecule has 2 amide bonds. The van der Waals surface area contributed by atoms with E-state index in [1.807, 2.05) is 7.05 Å². The number of nitrogens with one attached hydrogen (secondary N) is 2. The smallest absolute Gasteiger partial charge is 0.337 e. The third-order valence-electron chi connectivity index (χ3n) is 5.13. The molecule has 4 rings (SSSR count). The van der Waals surface area contributed by atoms with Crippen molar-refractivity contribution in [2.24, 2.45) is 0 Å². The first kappa shape index (κ1) is 23.4. The number of methoxy groups -OCH3 is 1. The number of ether oxygens (including phenoxy) is 1. The van der Waals surface area contributed by atoms with Crippen molar-refractivity contribution in [2.75, 3.05) is 26.0 Å². The molecule has 0 spiro atoms. The summed E-state index contributed by atoms with van der Waals surface area (Å²) in [7, 11) is 3.33.